The van der Waals surface area contributed by atoms with Crippen LogP contribution in [0.2, 0.25) is 0 Å². The highest BCUT2D eigenvalue weighted by molar-refractivity contribution is 6.04. The van der Waals surface area contributed by atoms with Crippen LogP contribution in [0.3, 0.4) is 0 Å². The Balaban J connectivity index is 2.14. The Morgan fingerprint density at radius 1 is 1.47 bits per heavy atom. The number of nitrogens with zero attached hydrogens (tertiary/aromatic N) is 1. The lowest BCUT2D eigenvalue weighted by atomic mass is 9.88. The van der Waals surface area contributed by atoms with Gasteiger partial charge in [-0.25, -0.2) is 4.99 Å². The molecule has 2 amide bonds. The molecule has 6 heteroatoms. The van der Waals surface area contributed by atoms with Gasteiger partial charge in [0.25, 0.3) is 5.91 Å². The predicted octanol–water partition coefficient (Wildman–Crippen LogP) is 0.544. The third-order valence-electron chi connectivity index (χ3n) is 3.41. The van der Waals surface area contributed by atoms with Crippen LogP contribution in [-0.4, -0.2) is 23.8 Å². The maximum absolute atomic E-state index is 11.6. The standard InChI is InChI=1S/C13H20N4O2/c1-2-5-10(18)16-13-15-9-7-4-3-6-8(9)11(17-13)12(14)19/h9H,2-7H2,1H3,(H2,14,19)(H2,15,16,17,18). The number of amides is 2. The van der Waals surface area contributed by atoms with E-state index in [1.807, 2.05) is 6.92 Å². The second kappa shape index (κ2) is 5.86. The number of fused-ring (bicyclic) bond motifs is 1. The molecule has 1 unspecified atom stereocenters. The first-order valence-electron chi connectivity index (χ1n) is 6.79. The predicted molar refractivity (Wildman–Crippen MR) is 72.1 cm³/mol. The van der Waals surface area contributed by atoms with Crippen molar-refractivity contribution in [2.75, 3.05) is 0 Å². The zero-order chi connectivity index (χ0) is 13.8. The third kappa shape index (κ3) is 3.13. The van der Waals surface area contributed by atoms with Gasteiger partial charge in [0, 0.05) is 6.42 Å². The number of nitrogens with two attached hydrogens (primary N) is 1. The molecule has 0 spiro atoms. The van der Waals surface area contributed by atoms with Crippen LogP contribution in [0, 0.1) is 0 Å². The van der Waals surface area contributed by atoms with Gasteiger partial charge in [-0.05, 0) is 31.3 Å². The molecule has 0 bridgehead atoms. The molecule has 1 atom stereocenters. The minimum Gasteiger partial charge on any atom is -0.364 e. The van der Waals surface area contributed by atoms with Crippen molar-refractivity contribution < 1.29 is 9.59 Å². The van der Waals surface area contributed by atoms with E-state index in [1.165, 1.54) is 0 Å². The van der Waals surface area contributed by atoms with Crippen molar-refractivity contribution in [3.05, 3.63) is 11.3 Å². The lowest BCUT2D eigenvalue weighted by Gasteiger charge is -2.30. The van der Waals surface area contributed by atoms with Crippen LogP contribution in [-0.2, 0) is 9.59 Å². The molecule has 1 aliphatic heterocycles. The summed E-state index contributed by atoms with van der Waals surface area (Å²) in [5.41, 5.74) is 6.79. The van der Waals surface area contributed by atoms with Crippen molar-refractivity contribution in [1.29, 1.82) is 0 Å². The largest absolute Gasteiger partial charge is 0.364 e. The summed E-state index contributed by atoms with van der Waals surface area (Å²) in [4.78, 5) is 27.6. The first-order chi connectivity index (χ1) is 9.11. The quantitative estimate of drug-likeness (QED) is 0.694. The Labute approximate surface area is 112 Å². The van der Waals surface area contributed by atoms with E-state index in [0.29, 0.717) is 18.1 Å². The van der Waals surface area contributed by atoms with Crippen LogP contribution in [0.5, 0.6) is 0 Å². The molecular formula is C13H20N4O2. The molecule has 104 valence electrons. The van der Waals surface area contributed by atoms with Gasteiger partial charge in [-0.15, -0.1) is 0 Å². The summed E-state index contributed by atoms with van der Waals surface area (Å²) in [7, 11) is 0. The normalized spacial score (nSPS) is 22.2. The summed E-state index contributed by atoms with van der Waals surface area (Å²) in [6, 6.07) is -0.0190. The molecule has 2 rings (SSSR count). The summed E-state index contributed by atoms with van der Waals surface area (Å²) >= 11 is 0. The van der Waals surface area contributed by atoms with Crippen LogP contribution < -0.4 is 16.4 Å². The van der Waals surface area contributed by atoms with Gasteiger partial charge in [0.1, 0.15) is 5.70 Å². The number of rotatable bonds is 3. The Kier molecular flexibility index (Phi) is 4.19. The molecule has 1 saturated carbocycles. The van der Waals surface area contributed by atoms with Crippen LogP contribution >= 0.6 is 0 Å². The molecule has 1 aliphatic carbocycles. The van der Waals surface area contributed by atoms with E-state index in [4.69, 9.17) is 5.73 Å². The van der Waals surface area contributed by atoms with Gasteiger partial charge >= 0.3 is 0 Å². The molecule has 1 heterocycles. The summed E-state index contributed by atoms with van der Waals surface area (Å²) in [5.74, 6) is -0.237. The van der Waals surface area contributed by atoms with E-state index in [1.54, 1.807) is 0 Å². The van der Waals surface area contributed by atoms with Crippen molar-refractivity contribution in [2.24, 2.45) is 10.7 Å². The lowest BCUT2D eigenvalue weighted by Crippen LogP contribution is -2.47. The zero-order valence-electron chi connectivity index (χ0n) is 11.2. The number of guanidine groups is 1. The molecule has 0 saturated heterocycles. The molecule has 0 radical (unpaired) electrons. The first-order valence-corrected chi connectivity index (χ1v) is 6.79. The topological polar surface area (TPSA) is 96.6 Å². The van der Waals surface area contributed by atoms with E-state index in [-0.39, 0.29) is 11.9 Å². The highest BCUT2D eigenvalue weighted by Gasteiger charge is 2.29. The molecule has 0 aromatic carbocycles. The minimum absolute atomic E-state index is 0.0190. The number of hydrogen-bond acceptors (Lipinski definition) is 4. The lowest BCUT2D eigenvalue weighted by molar-refractivity contribution is -0.120. The molecule has 0 aromatic rings. The van der Waals surface area contributed by atoms with Crippen molar-refractivity contribution in [2.45, 2.75) is 51.5 Å². The van der Waals surface area contributed by atoms with Gasteiger partial charge in [0.2, 0.25) is 11.9 Å². The molecular weight excluding hydrogens is 244 g/mol. The Bertz CT molecular complexity index is 454. The van der Waals surface area contributed by atoms with E-state index in [2.05, 4.69) is 15.6 Å². The summed E-state index contributed by atoms with van der Waals surface area (Å²) < 4.78 is 0. The van der Waals surface area contributed by atoms with Crippen molar-refractivity contribution in [3.8, 4) is 0 Å². The van der Waals surface area contributed by atoms with Crippen molar-refractivity contribution >= 4 is 17.8 Å². The fourth-order valence-corrected chi connectivity index (χ4v) is 2.52. The van der Waals surface area contributed by atoms with E-state index < -0.39 is 5.91 Å². The van der Waals surface area contributed by atoms with Crippen LogP contribution in [0.15, 0.2) is 16.3 Å². The average Bonchev–Trinajstić information content (AvgIpc) is 2.37. The van der Waals surface area contributed by atoms with E-state index in [9.17, 15) is 9.59 Å². The Morgan fingerprint density at radius 2 is 2.26 bits per heavy atom. The second-order valence-corrected chi connectivity index (χ2v) is 4.93. The highest BCUT2D eigenvalue weighted by Crippen LogP contribution is 2.29. The fraction of sp³-hybridized carbons (Fsp3) is 0.615. The molecule has 6 nitrogen and oxygen atoms in total. The molecule has 2 aliphatic rings. The van der Waals surface area contributed by atoms with Crippen LogP contribution in [0.25, 0.3) is 0 Å². The SMILES string of the molecule is CCCC(=O)NC1=NC2CCCCC2=C(C(N)=O)N1. The summed E-state index contributed by atoms with van der Waals surface area (Å²) in [6.45, 7) is 1.93. The summed E-state index contributed by atoms with van der Waals surface area (Å²) in [6.07, 6.45) is 5.09. The smallest absolute Gasteiger partial charge is 0.265 e. The molecule has 0 aromatic heterocycles. The third-order valence-corrected chi connectivity index (χ3v) is 3.41. The van der Waals surface area contributed by atoms with Gasteiger partial charge in [-0.3, -0.25) is 14.9 Å². The van der Waals surface area contributed by atoms with Crippen molar-refractivity contribution in [1.82, 2.24) is 10.6 Å². The maximum atomic E-state index is 11.6. The zero-order valence-corrected chi connectivity index (χ0v) is 11.2. The van der Waals surface area contributed by atoms with Gasteiger partial charge in [0.15, 0.2) is 0 Å². The van der Waals surface area contributed by atoms with E-state index in [0.717, 1.165) is 37.7 Å². The highest BCUT2D eigenvalue weighted by atomic mass is 16.2. The minimum atomic E-state index is -0.487. The number of carbonyl (C=O) groups excluding carboxylic acids is 2. The number of nitrogens with one attached hydrogen (secondary N) is 2. The van der Waals surface area contributed by atoms with Gasteiger partial charge in [-0.1, -0.05) is 13.3 Å². The molecule has 4 N–H and O–H groups in total. The Hall–Kier alpha value is -1.85. The van der Waals surface area contributed by atoms with Crippen LogP contribution in [0.4, 0.5) is 0 Å². The maximum Gasteiger partial charge on any atom is 0.265 e. The number of primary amides is 1. The summed E-state index contributed by atoms with van der Waals surface area (Å²) in [5, 5.41) is 5.56. The first kappa shape index (κ1) is 13.6. The van der Waals surface area contributed by atoms with Gasteiger partial charge < -0.3 is 11.1 Å². The Morgan fingerprint density at radius 3 is 2.95 bits per heavy atom. The number of hydrogen-bond donors (Lipinski definition) is 3. The fourth-order valence-electron chi connectivity index (χ4n) is 2.52. The molecule has 1 fully saturated rings. The van der Waals surface area contributed by atoms with Gasteiger partial charge in [0.05, 0.1) is 6.04 Å². The molecule has 19 heavy (non-hydrogen) atoms. The van der Waals surface area contributed by atoms with Crippen molar-refractivity contribution in [3.63, 3.8) is 0 Å². The van der Waals surface area contributed by atoms with E-state index >= 15 is 0 Å². The van der Waals surface area contributed by atoms with Crippen LogP contribution in [0.1, 0.15) is 45.4 Å². The average molecular weight is 264 g/mol. The van der Waals surface area contributed by atoms with Gasteiger partial charge in [-0.2, -0.15) is 0 Å². The second-order valence-electron chi connectivity index (χ2n) is 4.93. The number of aliphatic imine (C=N–C) groups is 1. The number of carbonyl (C=O) groups is 2. The monoisotopic (exact) mass is 264 g/mol.